The summed E-state index contributed by atoms with van der Waals surface area (Å²) >= 11 is 0. The molecule has 2 N–H and O–H groups in total. The van der Waals surface area contributed by atoms with E-state index >= 15 is 0 Å². The van der Waals surface area contributed by atoms with Crippen LogP contribution in [0.4, 0.5) is 0 Å². The second kappa shape index (κ2) is 5.65. The van der Waals surface area contributed by atoms with Gasteiger partial charge in [0.1, 0.15) is 6.04 Å². The van der Waals surface area contributed by atoms with Gasteiger partial charge >= 0.3 is 5.97 Å². The summed E-state index contributed by atoms with van der Waals surface area (Å²) in [6.07, 6.45) is 2.29. The van der Waals surface area contributed by atoms with Gasteiger partial charge in [0.05, 0.1) is 5.41 Å². The maximum Gasteiger partial charge on any atom is 0.326 e. The second-order valence-electron chi connectivity index (χ2n) is 5.62. The fraction of sp³-hybridized carbons (Fsp3) is 0.500. The topological polar surface area (TPSA) is 66.4 Å². The van der Waals surface area contributed by atoms with Crippen molar-refractivity contribution in [2.45, 2.75) is 44.6 Å². The number of carboxylic acid groups (broad SMARTS) is 1. The van der Waals surface area contributed by atoms with Crippen LogP contribution in [0.2, 0.25) is 0 Å². The van der Waals surface area contributed by atoms with E-state index in [0.717, 1.165) is 24.8 Å². The lowest BCUT2D eigenvalue weighted by molar-refractivity contribution is -0.143. The molecule has 1 fully saturated rings. The minimum Gasteiger partial charge on any atom is -0.480 e. The normalized spacial score (nSPS) is 18.9. The van der Waals surface area contributed by atoms with Gasteiger partial charge in [-0.05, 0) is 24.3 Å². The van der Waals surface area contributed by atoms with Crippen LogP contribution in [0.3, 0.4) is 0 Å². The van der Waals surface area contributed by atoms with Crippen LogP contribution in [0.15, 0.2) is 30.3 Å². The van der Waals surface area contributed by atoms with Gasteiger partial charge in [0.2, 0.25) is 5.91 Å². The molecule has 0 aromatic heterocycles. The lowest BCUT2D eigenvalue weighted by Crippen LogP contribution is -2.48. The van der Waals surface area contributed by atoms with Crippen molar-refractivity contribution in [1.29, 1.82) is 0 Å². The van der Waals surface area contributed by atoms with Gasteiger partial charge in [-0.2, -0.15) is 0 Å². The van der Waals surface area contributed by atoms with E-state index in [4.69, 9.17) is 0 Å². The number of carbonyl (C=O) groups excluding carboxylic acids is 1. The zero-order valence-electron chi connectivity index (χ0n) is 11.9. The first kappa shape index (κ1) is 14.6. The Morgan fingerprint density at radius 2 is 1.90 bits per heavy atom. The molecule has 1 aromatic rings. The summed E-state index contributed by atoms with van der Waals surface area (Å²) < 4.78 is 0. The van der Waals surface area contributed by atoms with Crippen LogP contribution >= 0.6 is 0 Å². The number of hydrogen-bond donors (Lipinski definition) is 2. The highest BCUT2D eigenvalue weighted by molar-refractivity contribution is 5.94. The maximum absolute atomic E-state index is 12.5. The van der Waals surface area contributed by atoms with Crippen molar-refractivity contribution in [2.24, 2.45) is 5.92 Å². The van der Waals surface area contributed by atoms with Crippen molar-refractivity contribution >= 4 is 11.9 Å². The van der Waals surface area contributed by atoms with Crippen LogP contribution in [-0.4, -0.2) is 23.0 Å². The standard InChI is InChI=1S/C16H21NO3/c1-3-11(2)13(14(18)19)17-15(20)16(9-10-16)12-7-5-4-6-8-12/h4-8,11,13H,3,9-10H2,1-2H3,(H,17,20)(H,18,19)/t11?,13-/m0/s1. The number of carboxylic acids is 1. The summed E-state index contributed by atoms with van der Waals surface area (Å²) in [6, 6.07) is 8.79. The van der Waals surface area contributed by atoms with Crippen molar-refractivity contribution in [3.05, 3.63) is 35.9 Å². The molecule has 4 nitrogen and oxygen atoms in total. The quantitative estimate of drug-likeness (QED) is 0.837. The molecule has 1 aliphatic rings. The second-order valence-corrected chi connectivity index (χ2v) is 5.62. The van der Waals surface area contributed by atoms with E-state index in [-0.39, 0.29) is 11.8 Å². The first-order valence-electron chi connectivity index (χ1n) is 7.10. The van der Waals surface area contributed by atoms with Gasteiger partial charge < -0.3 is 10.4 Å². The van der Waals surface area contributed by atoms with Crippen LogP contribution in [0, 0.1) is 5.92 Å². The van der Waals surface area contributed by atoms with E-state index in [9.17, 15) is 14.7 Å². The Morgan fingerprint density at radius 3 is 2.35 bits per heavy atom. The molecule has 2 atom stereocenters. The molecule has 0 saturated heterocycles. The molecule has 1 unspecified atom stereocenters. The van der Waals surface area contributed by atoms with Gasteiger partial charge in [0, 0.05) is 0 Å². The lowest BCUT2D eigenvalue weighted by atomic mass is 9.93. The average Bonchev–Trinajstić information content (AvgIpc) is 3.26. The predicted octanol–water partition coefficient (Wildman–Crippen LogP) is 2.33. The molecule has 0 radical (unpaired) electrons. The molecule has 0 spiro atoms. The molecule has 4 heteroatoms. The molecule has 0 bridgehead atoms. The van der Waals surface area contributed by atoms with Gasteiger partial charge in [-0.25, -0.2) is 4.79 Å². The molecule has 1 aliphatic carbocycles. The first-order valence-corrected chi connectivity index (χ1v) is 7.10. The number of rotatable bonds is 6. The van der Waals surface area contributed by atoms with Crippen molar-refractivity contribution < 1.29 is 14.7 Å². The Kier molecular flexibility index (Phi) is 4.12. The Morgan fingerprint density at radius 1 is 1.30 bits per heavy atom. The number of aliphatic carboxylic acids is 1. The van der Waals surface area contributed by atoms with Crippen molar-refractivity contribution in [3.63, 3.8) is 0 Å². The number of amides is 1. The van der Waals surface area contributed by atoms with Crippen molar-refractivity contribution in [1.82, 2.24) is 5.32 Å². The fourth-order valence-electron chi connectivity index (χ4n) is 2.49. The first-order chi connectivity index (χ1) is 9.51. The third-order valence-corrected chi connectivity index (χ3v) is 4.28. The van der Waals surface area contributed by atoms with E-state index < -0.39 is 17.4 Å². The SMILES string of the molecule is CCC(C)[C@H](NC(=O)C1(c2ccccc2)CC1)C(=O)O. The molecule has 1 saturated carbocycles. The van der Waals surface area contributed by atoms with Crippen molar-refractivity contribution in [3.8, 4) is 0 Å². The molecule has 2 rings (SSSR count). The summed E-state index contributed by atoms with van der Waals surface area (Å²) in [5.74, 6) is -1.20. The molecule has 0 aliphatic heterocycles. The van der Waals surface area contributed by atoms with E-state index in [1.807, 2.05) is 44.2 Å². The molecule has 1 amide bonds. The fourth-order valence-corrected chi connectivity index (χ4v) is 2.49. The van der Waals surface area contributed by atoms with Gasteiger partial charge in [-0.1, -0.05) is 50.6 Å². The Labute approximate surface area is 119 Å². The number of nitrogens with one attached hydrogen (secondary N) is 1. The van der Waals surface area contributed by atoms with Crippen LogP contribution in [-0.2, 0) is 15.0 Å². The molecule has 0 heterocycles. The monoisotopic (exact) mass is 275 g/mol. The number of carbonyl (C=O) groups is 2. The summed E-state index contributed by atoms with van der Waals surface area (Å²) in [5, 5.41) is 12.0. The van der Waals surface area contributed by atoms with Crippen LogP contribution < -0.4 is 5.32 Å². The highest BCUT2D eigenvalue weighted by atomic mass is 16.4. The summed E-state index contributed by atoms with van der Waals surface area (Å²) in [7, 11) is 0. The summed E-state index contributed by atoms with van der Waals surface area (Å²) in [4.78, 5) is 23.8. The Balaban J connectivity index is 2.14. The minimum atomic E-state index is -0.962. The summed E-state index contributed by atoms with van der Waals surface area (Å²) in [6.45, 7) is 3.78. The van der Waals surface area contributed by atoms with Gasteiger partial charge in [0.15, 0.2) is 0 Å². The largest absolute Gasteiger partial charge is 0.480 e. The van der Waals surface area contributed by atoms with Crippen LogP contribution in [0.25, 0.3) is 0 Å². The Bertz CT molecular complexity index is 494. The third-order valence-electron chi connectivity index (χ3n) is 4.28. The zero-order chi connectivity index (χ0) is 14.8. The molecular formula is C16H21NO3. The number of benzene rings is 1. The smallest absolute Gasteiger partial charge is 0.326 e. The van der Waals surface area contributed by atoms with Gasteiger partial charge in [-0.3, -0.25) is 4.79 Å². The lowest BCUT2D eigenvalue weighted by Gasteiger charge is -2.23. The number of hydrogen-bond acceptors (Lipinski definition) is 2. The maximum atomic E-state index is 12.5. The molecule has 20 heavy (non-hydrogen) atoms. The van der Waals surface area contributed by atoms with Gasteiger partial charge in [0.25, 0.3) is 0 Å². The van der Waals surface area contributed by atoms with Gasteiger partial charge in [-0.15, -0.1) is 0 Å². The van der Waals surface area contributed by atoms with E-state index in [0.29, 0.717) is 0 Å². The molecule has 108 valence electrons. The minimum absolute atomic E-state index is 0.0805. The summed E-state index contributed by atoms with van der Waals surface area (Å²) in [5.41, 5.74) is 0.466. The molecular weight excluding hydrogens is 254 g/mol. The highest BCUT2D eigenvalue weighted by Gasteiger charge is 2.52. The highest BCUT2D eigenvalue weighted by Crippen LogP contribution is 2.48. The van der Waals surface area contributed by atoms with Crippen molar-refractivity contribution in [2.75, 3.05) is 0 Å². The van der Waals surface area contributed by atoms with E-state index in [2.05, 4.69) is 5.32 Å². The molecule has 1 aromatic carbocycles. The van der Waals surface area contributed by atoms with E-state index in [1.165, 1.54) is 0 Å². The predicted molar refractivity (Wildman–Crippen MR) is 76.4 cm³/mol. The average molecular weight is 275 g/mol. The third kappa shape index (κ3) is 2.69. The Hall–Kier alpha value is -1.84. The van der Waals surface area contributed by atoms with Crippen LogP contribution in [0.1, 0.15) is 38.7 Å². The van der Waals surface area contributed by atoms with E-state index in [1.54, 1.807) is 0 Å². The zero-order valence-corrected chi connectivity index (χ0v) is 11.9. The van der Waals surface area contributed by atoms with Crippen LogP contribution in [0.5, 0.6) is 0 Å².